The summed E-state index contributed by atoms with van der Waals surface area (Å²) in [5.41, 5.74) is 4.45. The van der Waals surface area contributed by atoms with Gasteiger partial charge in [0, 0.05) is 18.6 Å². The van der Waals surface area contributed by atoms with Crippen molar-refractivity contribution in [1.82, 2.24) is 19.1 Å². The van der Waals surface area contributed by atoms with E-state index in [1.54, 1.807) is 19.2 Å². The van der Waals surface area contributed by atoms with E-state index in [-0.39, 0.29) is 0 Å². The van der Waals surface area contributed by atoms with Crippen LogP contribution < -0.4 is 16.7 Å². The normalized spacial score (nSPS) is 11.9. The fourth-order valence-electron chi connectivity index (χ4n) is 3.65. The Kier molecular flexibility index (Phi) is 8.27. The van der Waals surface area contributed by atoms with Gasteiger partial charge in [0.25, 0.3) is 5.56 Å². The van der Waals surface area contributed by atoms with Gasteiger partial charge >= 0.3 is 5.69 Å². The summed E-state index contributed by atoms with van der Waals surface area (Å²) in [6.45, 7) is 4.70. The summed E-state index contributed by atoms with van der Waals surface area (Å²) in [7, 11) is 1.59. The molecule has 0 aliphatic carbocycles. The molecule has 3 rings (SSSR count). The average Bonchev–Trinajstić information content (AvgIpc) is 3.15. The summed E-state index contributed by atoms with van der Waals surface area (Å²) >= 11 is 5.96. The van der Waals surface area contributed by atoms with Crippen molar-refractivity contribution < 1.29 is 0 Å². The predicted octanol–water partition coefficient (Wildman–Crippen LogP) is 4.66. The van der Waals surface area contributed by atoms with Gasteiger partial charge in [-0.2, -0.15) is 10.1 Å². The molecule has 0 spiro atoms. The van der Waals surface area contributed by atoms with Gasteiger partial charge in [0.05, 0.1) is 5.71 Å². The Hall–Kier alpha value is -2.87. The first-order valence-corrected chi connectivity index (χ1v) is 11.6. The number of hydrogen-bond acceptors (Lipinski definition) is 5. The van der Waals surface area contributed by atoms with Gasteiger partial charge in [0.1, 0.15) is 0 Å². The molecule has 0 bridgehead atoms. The number of halogens is 1. The summed E-state index contributed by atoms with van der Waals surface area (Å²) in [6, 6.07) is 7.39. The molecule has 0 aliphatic heterocycles. The van der Waals surface area contributed by atoms with Crippen molar-refractivity contribution in [3.05, 3.63) is 55.7 Å². The number of benzene rings is 1. The Labute approximate surface area is 192 Å². The summed E-state index contributed by atoms with van der Waals surface area (Å²) in [6.07, 6.45) is 8.13. The van der Waals surface area contributed by atoms with Crippen molar-refractivity contribution >= 4 is 34.4 Å². The van der Waals surface area contributed by atoms with Crippen LogP contribution in [0.25, 0.3) is 11.2 Å². The molecule has 0 saturated heterocycles. The second-order valence-corrected chi connectivity index (χ2v) is 8.45. The van der Waals surface area contributed by atoms with Gasteiger partial charge in [-0.25, -0.2) is 10.2 Å². The van der Waals surface area contributed by atoms with Crippen LogP contribution in [0, 0.1) is 0 Å². The third-order valence-corrected chi connectivity index (χ3v) is 5.83. The van der Waals surface area contributed by atoms with Crippen molar-refractivity contribution in [2.45, 2.75) is 65.3 Å². The molecule has 2 aromatic heterocycles. The third kappa shape index (κ3) is 5.68. The quantitative estimate of drug-likeness (QED) is 0.248. The molecule has 0 saturated carbocycles. The van der Waals surface area contributed by atoms with Crippen molar-refractivity contribution in [1.29, 1.82) is 0 Å². The number of rotatable bonds is 11. The van der Waals surface area contributed by atoms with Gasteiger partial charge in [0.15, 0.2) is 11.2 Å². The number of aromatic nitrogens is 4. The highest BCUT2D eigenvalue weighted by atomic mass is 35.5. The van der Waals surface area contributed by atoms with Gasteiger partial charge in [-0.1, -0.05) is 69.2 Å². The number of aromatic amines is 1. The number of nitrogens with zero attached hydrogens (tertiary/aromatic N) is 4. The largest absolute Gasteiger partial charge is 0.329 e. The van der Waals surface area contributed by atoms with Crippen LogP contribution in [-0.4, -0.2) is 24.8 Å². The van der Waals surface area contributed by atoms with E-state index in [2.05, 4.69) is 27.4 Å². The minimum absolute atomic E-state index is 0.337. The highest BCUT2D eigenvalue weighted by Gasteiger charge is 2.17. The van der Waals surface area contributed by atoms with Crippen LogP contribution in [0.15, 0.2) is 39.0 Å². The molecule has 0 fully saturated rings. The Bertz CT molecular complexity index is 1190. The molecule has 0 radical (unpaired) electrons. The first kappa shape index (κ1) is 23.8. The third-order valence-electron chi connectivity index (χ3n) is 5.58. The van der Waals surface area contributed by atoms with Crippen LogP contribution in [0.1, 0.15) is 64.4 Å². The summed E-state index contributed by atoms with van der Waals surface area (Å²) in [4.78, 5) is 31.5. The van der Waals surface area contributed by atoms with Crippen LogP contribution in [0.4, 0.5) is 5.95 Å². The number of nitrogens with one attached hydrogen (secondary N) is 2. The number of H-pyrrole nitrogens is 1. The van der Waals surface area contributed by atoms with Gasteiger partial charge in [-0.05, 0) is 31.0 Å². The highest BCUT2D eigenvalue weighted by molar-refractivity contribution is 6.30. The molecule has 172 valence electrons. The second-order valence-electron chi connectivity index (χ2n) is 8.01. The monoisotopic (exact) mass is 458 g/mol. The topological polar surface area (TPSA) is 97.1 Å². The Balaban J connectivity index is 1.84. The molecule has 2 heterocycles. The fraction of sp³-hybridized carbons (Fsp3) is 0.478. The first-order valence-electron chi connectivity index (χ1n) is 11.2. The number of fused-ring (bicyclic) bond motifs is 1. The maximum absolute atomic E-state index is 12.6. The number of unbranched alkanes of at least 4 members (excludes halogenated alkanes) is 6. The van der Waals surface area contributed by atoms with E-state index in [1.165, 1.54) is 30.3 Å². The number of hydrogen-bond donors (Lipinski definition) is 2. The zero-order valence-corrected chi connectivity index (χ0v) is 19.7. The Morgan fingerprint density at radius 2 is 1.75 bits per heavy atom. The number of hydrazone groups is 1. The zero-order chi connectivity index (χ0) is 23.1. The highest BCUT2D eigenvalue weighted by Crippen LogP contribution is 2.18. The maximum Gasteiger partial charge on any atom is 0.329 e. The molecule has 0 unspecified atom stereocenters. The molecule has 9 heteroatoms. The molecule has 0 aliphatic rings. The standard InChI is InChI=1S/C23H31ClN6O2/c1-4-5-6-7-8-9-10-15-30-19-20(29(3)23(32)26-21(19)31)25-22(30)28-27-16(2)17-11-13-18(24)14-12-17/h11-14H,4-10,15H2,1-3H3,(H,25,28)(H,26,31,32)/b27-16+. The van der Waals surface area contributed by atoms with Crippen LogP contribution >= 0.6 is 11.6 Å². The Morgan fingerprint density at radius 3 is 2.44 bits per heavy atom. The van der Waals surface area contributed by atoms with Crippen LogP contribution in [0.5, 0.6) is 0 Å². The first-order chi connectivity index (χ1) is 15.4. The van der Waals surface area contributed by atoms with E-state index in [0.717, 1.165) is 30.5 Å². The second kappa shape index (κ2) is 11.1. The van der Waals surface area contributed by atoms with Gasteiger partial charge in [-0.15, -0.1) is 0 Å². The smallest absolute Gasteiger partial charge is 0.303 e. The fourth-order valence-corrected chi connectivity index (χ4v) is 3.78. The van der Waals surface area contributed by atoms with E-state index in [9.17, 15) is 9.59 Å². The summed E-state index contributed by atoms with van der Waals surface area (Å²) in [5.74, 6) is 0.436. The van der Waals surface area contributed by atoms with Gasteiger partial charge in [-0.3, -0.25) is 14.3 Å². The maximum atomic E-state index is 12.6. The van der Waals surface area contributed by atoms with Crippen molar-refractivity contribution in [3.8, 4) is 0 Å². The number of imidazole rings is 1. The zero-order valence-electron chi connectivity index (χ0n) is 18.9. The predicted molar refractivity (Wildman–Crippen MR) is 131 cm³/mol. The molecule has 8 nitrogen and oxygen atoms in total. The van der Waals surface area contributed by atoms with Crippen molar-refractivity contribution in [2.24, 2.45) is 12.1 Å². The molecule has 32 heavy (non-hydrogen) atoms. The molecule has 0 amide bonds. The van der Waals surface area contributed by atoms with E-state index >= 15 is 0 Å². The lowest BCUT2D eigenvalue weighted by Gasteiger charge is -2.09. The Morgan fingerprint density at radius 1 is 1.09 bits per heavy atom. The minimum Gasteiger partial charge on any atom is -0.303 e. The molecule has 2 N–H and O–H groups in total. The van der Waals surface area contributed by atoms with E-state index < -0.39 is 11.2 Å². The molecule has 3 aromatic rings. The lowest BCUT2D eigenvalue weighted by molar-refractivity contribution is 0.556. The molecular weight excluding hydrogens is 428 g/mol. The summed E-state index contributed by atoms with van der Waals surface area (Å²) in [5, 5.41) is 5.11. The molecule has 1 aromatic carbocycles. The van der Waals surface area contributed by atoms with E-state index in [1.807, 2.05) is 23.6 Å². The van der Waals surface area contributed by atoms with Crippen LogP contribution in [0.2, 0.25) is 5.02 Å². The molecule has 0 atom stereocenters. The van der Waals surface area contributed by atoms with Crippen LogP contribution in [0.3, 0.4) is 0 Å². The van der Waals surface area contributed by atoms with Gasteiger partial charge in [0.2, 0.25) is 5.95 Å². The average molecular weight is 459 g/mol. The summed E-state index contributed by atoms with van der Waals surface area (Å²) < 4.78 is 3.16. The molecular formula is C23H31ClN6O2. The lowest BCUT2D eigenvalue weighted by atomic mass is 10.1. The van der Waals surface area contributed by atoms with Crippen molar-refractivity contribution in [2.75, 3.05) is 5.43 Å². The number of anilines is 1. The number of aryl methyl sites for hydroxylation is 2. The van der Waals surface area contributed by atoms with E-state index in [4.69, 9.17) is 11.6 Å². The lowest BCUT2D eigenvalue weighted by Crippen LogP contribution is -2.29. The van der Waals surface area contributed by atoms with Crippen molar-refractivity contribution in [3.63, 3.8) is 0 Å². The van der Waals surface area contributed by atoms with Gasteiger partial charge < -0.3 is 4.57 Å². The van der Waals surface area contributed by atoms with E-state index in [0.29, 0.717) is 28.7 Å². The van der Waals surface area contributed by atoms with Crippen LogP contribution in [-0.2, 0) is 13.6 Å². The SMILES string of the molecule is CCCCCCCCCn1c(N/N=C(\C)c2ccc(Cl)cc2)nc2c1c(=O)[nH]c(=O)n2C. The minimum atomic E-state index is -0.490.